The zero-order valence-electron chi connectivity index (χ0n) is 10.9. The number of rotatable bonds is 4. The van der Waals surface area contributed by atoms with Crippen molar-refractivity contribution in [3.63, 3.8) is 0 Å². The van der Waals surface area contributed by atoms with Crippen LogP contribution in [0.3, 0.4) is 0 Å². The molecule has 0 saturated heterocycles. The van der Waals surface area contributed by atoms with E-state index < -0.39 is 12.0 Å². The molecule has 4 nitrogen and oxygen atoms in total. The number of carbonyl (C=O) groups excluding carboxylic acids is 1. The molecule has 2 rings (SSSR count). The van der Waals surface area contributed by atoms with Crippen LogP contribution >= 0.6 is 15.9 Å². The maximum absolute atomic E-state index is 12.5. The summed E-state index contributed by atoms with van der Waals surface area (Å²) < 4.78 is 0.938. The van der Waals surface area contributed by atoms with Gasteiger partial charge < -0.3 is 10.0 Å². The number of benzene rings is 1. The van der Waals surface area contributed by atoms with Gasteiger partial charge in [-0.05, 0) is 50.5 Å². The second kappa shape index (κ2) is 5.33. The highest BCUT2D eigenvalue weighted by Gasteiger charge is 2.38. The van der Waals surface area contributed by atoms with Crippen molar-refractivity contribution in [1.29, 1.82) is 0 Å². The summed E-state index contributed by atoms with van der Waals surface area (Å²) in [6.07, 6.45) is 1.78. The Morgan fingerprint density at radius 1 is 1.42 bits per heavy atom. The Hall–Kier alpha value is -1.36. The number of halogens is 1. The molecule has 0 bridgehead atoms. The van der Waals surface area contributed by atoms with Gasteiger partial charge in [0.15, 0.2) is 0 Å². The van der Waals surface area contributed by atoms with Gasteiger partial charge >= 0.3 is 5.97 Å². The standard InChI is InChI=1S/C14H16BrNO3/c1-8-7-10(3-6-12(8)15)13(17)16(11-4-5-11)9(2)14(18)19/h3,6-7,9,11H,4-5H2,1-2H3,(H,18,19). The topological polar surface area (TPSA) is 57.6 Å². The summed E-state index contributed by atoms with van der Waals surface area (Å²) in [6.45, 7) is 3.47. The number of carbonyl (C=O) groups is 2. The molecule has 1 unspecified atom stereocenters. The molecule has 0 aromatic heterocycles. The van der Waals surface area contributed by atoms with Crippen molar-refractivity contribution in [2.75, 3.05) is 0 Å². The Balaban J connectivity index is 2.28. The van der Waals surface area contributed by atoms with Crippen molar-refractivity contribution in [2.45, 2.75) is 38.8 Å². The lowest BCUT2D eigenvalue weighted by molar-refractivity contribution is -0.141. The minimum atomic E-state index is -0.964. The van der Waals surface area contributed by atoms with Crippen LogP contribution in [0.25, 0.3) is 0 Å². The molecule has 1 atom stereocenters. The van der Waals surface area contributed by atoms with Crippen molar-refractivity contribution < 1.29 is 14.7 Å². The quantitative estimate of drug-likeness (QED) is 0.926. The lowest BCUT2D eigenvalue weighted by atomic mass is 10.1. The van der Waals surface area contributed by atoms with Crippen LogP contribution in [0.5, 0.6) is 0 Å². The average molecular weight is 326 g/mol. The normalized spacial score (nSPS) is 15.9. The summed E-state index contributed by atoms with van der Waals surface area (Å²) in [5, 5.41) is 9.12. The SMILES string of the molecule is Cc1cc(C(=O)N(C2CC2)C(C)C(=O)O)ccc1Br. The van der Waals surface area contributed by atoms with Gasteiger partial charge in [0.1, 0.15) is 6.04 Å². The predicted molar refractivity (Wildman–Crippen MR) is 75.2 cm³/mol. The maximum Gasteiger partial charge on any atom is 0.326 e. The van der Waals surface area contributed by atoms with E-state index in [0.717, 1.165) is 22.9 Å². The molecule has 5 heteroatoms. The molecule has 0 spiro atoms. The van der Waals surface area contributed by atoms with E-state index >= 15 is 0 Å². The minimum Gasteiger partial charge on any atom is -0.480 e. The van der Waals surface area contributed by atoms with Crippen molar-refractivity contribution >= 4 is 27.8 Å². The molecule has 1 N–H and O–H groups in total. The molecule has 1 saturated carbocycles. The Kier molecular flexibility index (Phi) is 3.94. The van der Waals surface area contributed by atoms with Gasteiger partial charge in [0.2, 0.25) is 0 Å². The molecule has 1 fully saturated rings. The fourth-order valence-corrected chi connectivity index (χ4v) is 2.30. The van der Waals surface area contributed by atoms with Crippen molar-refractivity contribution in [3.8, 4) is 0 Å². The number of hydrogen-bond acceptors (Lipinski definition) is 2. The first kappa shape index (κ1) is 14.1. The zero-order chi connectivity index (χ0) is 14.2. The van der Waals surface area contributed by atoms with E-state index in [0.29, 0.717) is 5.56 Å². The summed E-state index contributed by atoms with van der Waals surface area (Å²) in [4.78, 5) is 25.1. The fraction of sp³-hybridized carbons (Fsp3) is 0.429. The third kappa shape index (κ3) is 2.97. The Morgan fingerprint density at radius 2 is 2.05 bits per heavy atom. The van der Waals surface area contributed by atoms with E-state index in [4.69, 9.17) is 5.11 Å². The molecular formula is C14H16BrNO3. The highest BCUT2D eigenvalue weighted by molar-refractivity contribution is 9.10. The molecule has 102 valence electrons. The molecule has 1 aliphatic rings. The van der Waals surface area contributed by atoms with Crippen LogP contribution in [0.4, 0.5) is 0 Å². The molecule has 1 aliphatic carbocycles. The maximum atomic E-state index is 12.5. The van der Waals surface area contributed by atoms with Gasteiger partial charge in [0, 0.05) is 16.1 Å². The molecule has 19 heavy (non-hydrogen) atoms. The van der Waals surface area contributed by atoms with E-state index in [2.05, 4.69) is 15.9 Å². The summed E-state index contributed by atoms with van der Waals surface area (Å²) >= 11 is 3.39. The molecule has 1 aromatic rings. The Morgan fingerprint density at radius 3 is 2.53 bits per heavy atom. The number of carboxylic acid groups (broad SMARTS) is 1. The first-order valence-electron chi connectivity index (χ1n) is 6.23. The second-order valence-corrected chi connectivity index (χ2v) is 5.78. The van der Waals surface area contributed by atoms with Crippen LogP contribution in [0, 0.1) is 6.92 Å². The number of aliphatic carboxylic acids is 1. The van der Waals surface area contributed by atoms with Gasteiger partial charge in [-0.2, -0.15) is 0 Å². The number of nitrogens with zero attached hydrogens (tertiary/aromatic N) is 1. The zero-order valence-corrected chi connectivity index (χ0v) is 12.5. The van der Waals surface area contributed by atoms with Crippen LogP contribution in [0.1, 0.15) is 35.7 Å². The van der Waals surface area contributed by atoms with E-state index in [1.54, 1.807) is 19.1 Å². The van der Waals surface area contributed by atoms with Gasteiger partial charge in [-0.15, -0.1) is 0 Å². The number of aryl methyl sites for hydroxylation is 1. The molecule has 0 radical (unpaired) electrons. The van der Waals surface area contributed by atoms with Crippen molar-refractivity contribution in [3.05, 3.63) is 33.8 Å². The van der Waals surface area contributed by atoms with Gasteiger partial charge in [-0.1, -0.05) is 15.9 Å². The highest BCUT2D eigenvalue weighted by Crippen LogP contribution is 2.30. The third-order valence-corrected chi connectivity index (χ3v) is 4.24. The first-order valence-corrected chi connectivity index (χ1v) is 7.02. The van der Waals surface area contributed by atoms with E-state index in [1.165, 1.54) is 4.90 Å². The smallest absolute Gasteiger partial charge is 0.326 e. The molecule has 0 heterocycles. The van der Waals surface area contributed by atoms with Crippen LogP contribution in [-0.4, -0.2) is 34.0 Å². The average Bonchev–Trinajstić information content (AvgIpc) is 3.17. The van der Waals surface area contributed by atoms with E-state index in [9.17, 15) is 9.59 Å². The predicted octanol–water partition coefficient (Wildman–Crippen LogP) is 2.84. The van der Waals surface area contributed by atoms with Crippen molar-refractivity contribution in [2.24, 2.45) is 0 Å². The highest BCUT2D eigenvalue weighted by atomic mass is 79.9. The van der Waals surface area contributed by atoms with Crippen molar-refractivity contribution in [1.82, 2.24) is 4.90 Å². The fourth-order valence-electron chi connectivity index (χ4n) is 2.06. The first-order chi connectivity index (χ1) is 8.91. The number of carboxylic acids is 1. The second-order valence-electron chi connectivity index (χ2n) is 4.92. The van der Waals surface area contributed by atoms with Gasteiger partial charge in [0.05, 0.1) is 0 Å². The van der Waals surface area contributed by atoms with E-state index in [-0.39, 0.29) is 11.9 Å². The Bertz CT molecular complexity index is 525. The molecule has 0 aliphatic heterocycles. The van der Waals surface area contributed by atoms with Crippen LogP contribution in [0.15, 0.2) is 22.7 Å². The molecular weight excluding hydrogens is 310 g/mol. The van der Waals surface area contributed by atoms with E-state index in [1.807, 2.05) is 13.0 Å². The lowest BCUT2D eigenvalue weighted by Crippen LogP contribution is -2.44. The summed E-state index contributed by atoms with van der Waals surface area (Å²) in [5.41, 5.74) is 1.50. The summed E-state index contributed by atoms with van der Waals surface area (Å²) in [5.74, 6) is -1.16. The Labute approximate surface area is 120 Å². The third-order valence-electron chi connectivity index (χ3n) is 3.35. The van der Waals surface area contributed by atoms with Gasteiger partial charge in [-0.25, -0.2) is 4.79 Å². The van der Waals surface area contributed by atoms with Gasteiger partial charge in [0.25, 0.3) is 5.91 Å². The van der Waals surface area contributed by atoms with Gasteiger partial charge in [-0.3, -0.25) is 4.79 Å². The van der Waals surface area contributed by atoms with Crippen LogP contribution in [0.2, 0.25) is 0 Å². The lowest BCUT2D eigenvalue weighted by Gasteiger charge is -2.26. The number of hydrogen-bond donors (Lipinski definition) is 1. The molecule has 1 aromatic carbocycles. The monoisotopic (exact) mass is 325 g/mol. The summed E-state index contributed by atoms with van der Waals surface area (Å²) in [7, 11) is 0. The largest absolute Gasteiger partial charge is 0.480 e. The van der Waals surface area contributed by atoms with Crippen LogP contribution < -0.4 is 0 Å². The minimum absolute atomic E-state index is 0.0718. The summed E-state index contributed by atoms with van der Waals surface area (Å²) in [6, 6.07) is 4.62. The molecule has 1 amide bonds. The van der Waals surface area contributed by atoms with Crippen LogP contribution in [-0.2, 0) is 4.79 Å². The number of amides is 1.